The number of nitrogens with zero attached hydrogens (tertiary/aromatic N) is 2. The summed E-state index contributed by atoms with van der Waals surface area (Å²) in [5.41, 5.74) is 1.17. The number of piperazine rings is 1. The Morgan fingerprint density at radius 2 is 1.90 bits per heavy atom. The summed E-state index contributed by atoms with van der Waals surface area (Å²) >= 11 is 5.99. The molecule has 118 valence electrons. The molecule has 2 rings (SSSR count). The number of unbranched alkanes of at least 4 members (excludes halogenated alkanes) is 1. The number of benzene rings is 1. The highest BCUT2D eigenvalue weighted by atomic mass is 35.5. The molecule has 1 aromatic carbocycles. The van der Waals surface area contributed by atoms with Crippen molar-refractivity contribution in [2.45, 2.75) is 26.3 Å². The van der Waals surface area contributed by atoms with Crippen LogP contribution in [0.2, 0.25) is 5.02 Å². The third-order valence-electron chi connectivity index (χ3n) is 3.78. The lowest BCUT2D eigenvalue weighted by molar-refractivity contribution is 0.181. The summed E-state index contributed by atoms with van der Waals surface area (Å²) in [6.45, 7) is 5.57. The number of hydrogen-bond acceptors (Lipinski definition) is 3. The average molecular weight is 331 g/mol. The molecule has 1 fully saturated rings. The Bertz CT molecular complexity index is 555. The van der Waals surface area contributed by atoms with E-state index < -0.39 is 10.0 Å². The topological polar surface area (TPSA) is 40.6 Å². The summed E-state index contributed by atoms with van der Waals surface area (Å²) in [6.07, 6.45) is 1.65. The molecule has 21 heavy (non-hydrogen) atoms. The number of sulfonamides is 1. The molecule has 0 unspecified atom stereocenters. The van der Waals surface area contributed by atoms with E-state index in [0.717, 1.165) is 37.5 Å². The predicted octanol–water partition coefficient (Wildman–Crippen LogP) is 2.59. The summed E-state index contributed by atoms with van der Waals surface area (Å²) < 4.78 is 25.9. The summed E-state index contributed by atoms with van der Waals surface area (Å²) in [6, 6.07) is 7.83. The molecule has 0 saturated carbocycles. The highest BCUT2D eigenvalue weighted by Gasteiger charge is 2.26. The minimum absolute atomic E-state index is 0.276. The van der Waals surface area contributed by atoms with Crippen LogP contribution in [0.25, 0.3) is 0 Å². The van der Waals surface area contributed by atoms with Crippen molar-refractivity contribution < 1.29 is 8.42 Å². The maximum Gasteiger partial charge on any atom is 0.214 e. The van der Waals surface area contributed by atoms with Gasteiger partial charge in [0.1, 0.15) is 0 Å². The molecule has 0 radical (unpaired) electrons. The van der Waals surface area contributed by atoms with Crippen LogP contribution in [-0.4, -0.2) is 49.6 Å². The molecule has 0 spiro atoms. The Kier molecular flexibility index (Phi) is 6.05. The van der Waals surface area contributed by atoms with Gasteiger partial charge in [-0.25, -0.2) is 8.42 Å². The molecule has 1 heterocycles. The van der Waals surface area contributed by atoms with Gasteiger partial charge in [-0.15, -0.1) is 0 Å². The van der Waals surface area contributed by atoms with E-state index in [1.165, 1.54) is 5.56 Å². The van der Waals surface area contributed by atoms with Crippen LogP contribution in [0.15, 0.2) is 24.3 Å². The van der Waals surface area contributed by atoms with Gasteiger partial charge in [-0.2, -0.15) is 4.31 Å². The second-order valence-electron chi connectivity index (χ2n) is 5.47. The second-order valence-corrected chi connectivity index (χ2v) is 8.00. The zero-order chi connectivity index (χ0) is 15.3. The molecular formula is C15H23ClN2O2S. The quantitative estimate of drug-likeness (QED) is 0.805. The van der Waals surface area contributed by atoms with Crippen molar-refractivity contribution in [1.82, 2.24) is 9.21 Å². The molecule has 1 saturated heterocycles. The van der Waals surface area contributed by atoms with Crippen molar-refractivity contribution in [2.24, 2.45) is 0 Å². The Morgan fingerprint density at radius 1 is 1.19 bits per heavy atom. The highest BCUT2D eigenvalue weighted by Crippen LogP contribution is 2.15. The zero-order valence-electron chi connectivity index (χ0n) is 12.5. The number of halogens is 1. The van der Waals surface area contributed by atoms with Gasteiger partial charge in [-0.1, -0.05) is 37.1 Å². The standard InChI is InChI=1S/C15H23ClN2O2S/c1-2-3-11-21(19,20)18-9-7-17(8-10-18)13-14-5-4-6-15(16)12-14/h4-6,12H,2-3,7-11,13H2,1H3. The lowest BCUT2D eigenvalue weighted by Crippen LogP contribution is -2.48. The van der Waals surface area contributed by atoms with E-state index in [9.17, 15) is 8.42 Å². The van der Waals surface area contributed by atoms with Gasteiger partial charge in [-0.05, 0) is 24.1 Å². The summed E-state index contributed by atoms with van der Waals surface area (Å²) in [5, 5.41) is 0.744. The first-order valence-electron chi connectivity index (χ1n) is 7.46. The van der Waals surface area contributed by atoms with E-state index in [1.54, 1.807) is 4.31 Å². The van der Waals surface area contributed by atoms with Gasteiger partial charge < -0.3 is 0 Å². The fourth-order valence-corrected chi connectivity index (χ4v) is 4.36. The second kappa shape index (κ2) is 7.58. The largest absolute Gasteiger partial charge is 0.296 e. The summed E-state index contributed by atoms with van der Waals surface area (Å²) in [5.74, 6) is 0.276. The molecule has 6 heteroatoms. The molecule has 0 bridgehead atoms. The lowest BCUT2D eigenvalue weighted by Gasteiger charge is -2.34. The summed E-state index contributed by atoms with van der Waals surface area (Å²) in [4.78, 5) is 2.28. The van der Waals surface area contributed by atoms with Gasteiger partial charge in [0.15, 0.2) is 0 Å². The lowest BCUT2D eigenvalue weighted by atomic mass is 10.2. The van der Waals surface area contributed by atoms with Crippen LogP contribution in [0.4, 0.5) is 0 Å². The van der Waals surface area contributed by atoms with E-state index in [0.29, 0.717) is 13.1 Å². The van der Waals surface area contributed by atoms with Crippen molar-refractivity contribution in [3.63, 3.8) is 0 Å². The van der Waals surface area contributed by atoms with Gasteiger partial charge in [0, 0.05) is 37.7 Å². The third kappa shape index (κ3) is 4.95. The first kappa shape index (κ1) is 16.7. The maximum atomic E-state index is 12.1. The fraction of sp³-hybridized carbons (Fsp3) is 0.600. The monoisotopic (exact) mass is 330 g/mol. The third-order valence-corrected chi connectivity index (χ3v) is 5.97. The Hall–Kier alpha value is -0.620. The van der Waals surface area contributed by atoms with Crippen molar-refractivity contribution >= 4 is 21.6 Å². The van der Waals surface area contributed by atoms with Crippen LogP contribution in [0.5, 0.6) is 0 Å². The number of hydrogen-bond donors (Lipinski definition) is 0. The van der Waals surface area contributed by atoms with E-state index in [4.69, 9.17) is 11.6 Å². The first-order valence-corrected chi connectivity index (χ1v) is 9.44. The minimum Gasteiger partial charge on any atom is -0.296 e. The molecule has 1 aliphatic heterocycles. The molecule has 0 amide bonds. The van der Waals surface area contributed by atoms with E-state index in [2.05, 4.69) is 11.0 Å². The van der Waals surface area contributed by atoms with Gasteiger partial charge in [0.25, 0.3) is 0 Å². The first-order chi connectivity index (χ1) is 10.0. The summed E-state index contributed by atoms with van der Waals surface area (Å²) in [7, 11) is -3.06. The van der Waals surface area contributed by atoms with Crippen LogP contribution in [0.3, 0.4) is 0 Å². The van der Waals surface area contributed by atoms with Gasteiger partial charge >= 0.3 is 0 Å². The smallest absolute Gasteiger partial charge is 0.214 e. The molecule has 0 N–H and O–H groups in total. The maximum absolute atomic E-state index is 12.1. The van der Waals surface area contributed by atoms with Crippen molar-refractivity contribution in [3.8, 4) is 0 Å². The number of rotatable bonds is 6. The minimum atomic E-state index is -3.06. The molecule has 0 aliphatic carbocycles. The van der Waals surface area contributed by atoms with Crippen LogP contribution in [0.1, 0.15) is 25.3 Å². The van der Waals surface area contributed by atoms with Crippen LogP contribution < -0.4 is 0 Å². The van der Waals surface area contributed by atoms with Gasteiger partial charge in [0.05, 0.1) is 5.75 Å². The Balaban J connectivity index is 1.86. The average Bonchev–Trinajstić information content (AvgIpc) is 2.46. The van der Waals surface area contributed by atoms with E-state index in [1.807, 2.05) is 25.1 Å². The zero-order valence-corrected chi connectivity index (χ0v) is 14.0. The Morgan fingerprint density at radius 3 is 2.52 bits per heavy atom. The van der Waals surface area contributed by atoms with Crippen LogP contribution in [-0.2, 0) is 16.6 Å². The van der Waals surface area contributed by atoms with Crippen molar-refractivity contribution in [2.75, 3.05) is 31.9 Å². The molecule has 1 aromatic rings. The highest BCUT2D eigenvalue weighted by molar-refractivity contribution is 7.89. The normalized spacial score (nSPS) is 18.0. The van der Waals surface area contributed by atoms with Gasteiger partial charge in [-0.3, -0.25) is 4.90 Å². The molecule has 4 nitrogen and oxygen atoms in total. The van der Waals surface area contributed by atoms with Crippen molar-refractivity contribution in [1.29, 1.82) is 0 Å². The molecule has 0 atom stereocenters. The van der Waals surface area contributed by atoms with Gasteiger partial charge in [0.2, 0.25) is 10.0 Å². The molecule has 1 aliphatic rings. The van der Waals surface area contributed by atoms with Crippen LogP contribution >= 0.6 is 11.6 Å². The predicted molar refractivity (Wildman–Crippen MR) is 87.0 cm³/mol. The SMILES string of the molecule is CCCCS(=O)(=O)N1CCN(Cc2cccc(Cl)c2)CC1. The molecular weight excluding hydrogens is 308 g/mol. The van der Waals surface area contributed by atoms with Crippen molar-refractivity contribution in [3.05, 3.63) is 34.9 Å². The van der Waals surface area contributed by atoms with Crippen LogP contribution in [0, 0.1) is 0 Å². The van der Waals surface area contributed by atoms with E-state index >= 15 is 0 Å². The fourth-order valence-electron chi connectivity index (χ4n) is 2.52. The van der Waals surface area contributed by atoms with E-state index in [-0.39, 0.29) is 5.75 Å². The Labute approximate surface area is 132 Å². The molecule has 0 aromatic heterocycles.